The van der Waals surface area contributed by atoms with E-state index in [0.29, 0.717) is 43.2 Å². The molecule has 0 aromatic heterocycles. The number of quaternary nitrogens is 1. The van der Waals surface area contributed by atoms with Gasteiger partial charge in [0, 0.05) is 5.69 Å². The Morgan fingerprint density at radius 2 is 1.90 bits per heavy atom. The van der Waals surface area contributed by atoms with Crippen molar-refractivity contribution >= 4 is 21.6 Å². The third-order valence-corrected chi connectivity index (χ3v) is 6.73. The van der Waals surface area contributed by atoms with E-state index in [9.17, 15) is 13.2 Å². The molecule has 8 nitrogen and oxygen atoms in total. The van der Waals surface area contributed by atoms with Crippen LogP contribution in [0.2, 0.25) is 0 Å². The van der Waals surface area contributed by atoms with Crippen LogP contribution in [-0.4, -0.2) is 58.5 Å². The van der Waals surface area contributed by atoms with Gasteiger partial charge < -0.3 is 15.0 Å². The number of methoxy groups -OCH3 is 1. The first-order valence-corrected chi connectivity index (χ1v) is 10.6. The average molecular weight is 415 g/mol. The van der Waals surface area contributed by atoms with Crippen LogP contribution in [0.25, 0.3) is 0 Å². The highest BCUT2D eigenvalue weighted by atomic mass is 32.2. The number of carbonyl (C=O) groups excluding carboxylic acids is 1. The summed E-state index contributed by atoms with van der Waals surface area (Å²) in [5, 5.41) is 11.7. The molecule has 1 aliphatic heterocycles. The molecule has 1 amide bonds. The maximum absolute atomic E-state index is 12.8. The van der Waals surface area contributed by atoms with Crippen molar-refractivity contribution in [2.45, 2.75) is 4.90 Å². The molecule has 0 bridgehead atoms. The number of nitriles is 1. The van der Waals surface area contributed by atoms with Gasteiger partial charge in [-0.2, -0.15) is 9.57 Å². The van der Waals surface area contributed by atoms with Crippen LogP contribution < -0.4 is 15.0 Å². The SMILES string of the molecule is COc1ccc(S(=O)(=O)N2CC[NH+](CC(=O)Nc3cccc(C#N)c3)CC2)cc1. The van der Waals surface area contributed by atoms with E-state index in [2.05, 4.69) is 5.32 Å². The summed E-state index contributed by atoms with van der Waals surface area (Å²) in [6.07, 6.45) is 0. The first kappa shape index (κ1) is 20.8. The van der Waals surface area contributed by atoms with Gasteiger partial charge in [-0.05, 0) is 42.5 Å². The van der Waals surface area contributed by atoms with Gasteiger partial charge in [-0.25, -0.2) is 8.42 Å². The number of nitrogens with one attached hydrogen (secondary N) is 2. The van der Waals surface area contributed by atoms with Crippen molar-refractivity contribution in [3.8, 4) is 11.8 Å². The largest absolute Gasteiger partial charge is 0.497 e. The Hall–Kier alpha value is -2.93. The molecule has 2 aromatic carbocycles. The van der Waals surface area contributed by atoms with Gasteiger partial charge in [-0.3, -0.25) is 4.79 Å². The number of benzene rings is 2. The molecule has 152 valence electrons. The van der Waals surface area contributed by atoms with E-state index in [1.807, 2.05) is 6.07 Å². The van der Waals surface area contributed by atoms with Crippen LogP contribution in [0.15, 0.2) is 53.4 Å². The van der Waals surface area contributed by atoms with Crippen LogP contribution in [0.4, 0.5) is 5.69 Å². The van der Waals surface area contributed by atoms with Gasteiger partial charge in [0.2, 0.25) is 10.0 Å². The van der Waals surface area contributed by atoms with E-state index in [4.69, 9.17) is 10.00 Å². The number of amides is 1. The van der Waals surface area contributed by atoms with Crippen molar-refractivity contribution in [1.29, 1.82) is 5.26 Å². The molecule has 0 radical (unpaired) electrons. The summed E-state index contributed by atoms with van der Waals surface area (Å²) < 4.78 is 32.1. The summed E-state index contributed by atoms with van der Waals surface area (Å²) in [7, 11) is -2.03. The fraction of sp³-hybridized carbons (Fsp3) is 0.300. The van der Waals surface area contributed by atoms with Gasteiger partial charge in [-0.15, -0.1) is 0 Å². The van der Waals surface area contributed by atoms with Crippen LogP contribution >= 0.6 is 0 Å². The van der Waals surface area contributed by atoms with E-state index < -0.39 is 10.0 Å². The van der Waals surface area contributed by atoms with E-state index in [1.165, 1.54) is 23.5 Å². The highest BCUT2D eigenvalue weighted by molar-refractivity contribution is 7.89. The summed E-state index contributed by atoms with van der Waals surface area (Å²) >= 11 is 0. The van der Waals surface area contributed by atoms with Gasteiger partial charge in [-0.1, -0.05) is 6.07 Å². The van der Waals surface area contributed by atoms with E-state index in [1.54, 1.807) is 36.4 Å². The van der Waals surface area contributed by atoms with Gasteiger partial charge in [0.05, 0.1) is 49.8 Å². The minimum absolute atomic E-state index is 0.165. The second-order valence-corrected chi connectivity index (χ2v) is 8.69. The third kappa shape index (κ3) is 5.12. The first-order valence-electron chi connectivity index (χ1n) is 9.20. The molecule has 1 fully saturated rings. The van der Waals surface area contributed by atoms with Crippen LogP contribution in [-0.2, 0) is 14.8 Å². The molecule has 1 heterocycles. The Balaban J connectivity index is 1.54. The molecule has 0 spiro atoms. The normalized spacial score (nSPS) is 15.4. The standard InChI is InChI=1S/C20H22N4O4S/c1-28-18-5-7-19(8-6-18)29(26,27)24-11-9-23(10-12-24)15-20(25)22-17-4-2-3-16(13-17)14-21/h2-8,13H,9-12,15H2,1H3,(H,22,25)/p+1. The van der Waals surface area contributed by atoms with E-state index in [-0.39, 0.29) is 17.3 Å². The minimum Gasteiger partial charge on any atom is -0.497 e. The number of nitrogens with zero attached hydrogens (tertiary/aromatic N) is 2. The number of rotatable bonds is 6. The lowest BCUT2D eigenvalue weighted by atomic mass is 10.2. The summed E-state index contributed by atoms with van der Waals surface area (Å²) in [5.41, 5.74) is 1.06. The van der Waals surface area contributed by atoms with Crippen molar-refractivity contribution in [3.63, 3.8) is 0 Å². The molecule has 0 atom stereocenters. The fourth-order valence-corrected chi connectivity index (χ4v) is 4.66. The molecule has 0 aliphatic carbocycles. The van der Waals surface area contributed by atoms with Crippen molar-refractivity contribution in [2.75, 3.05) is 45.2 Å². The molecule has 1 saturated heterocycles. The second kappa shape index (κ2) is 9.05. The lowest BCUT2D eigenvalue weighted by molar-refractivity contribution is -0.895. The van der Waals surface area contributed by atoms with Crippen LogP contribution in [0, 0.1) is 11.3 Å². The zero-order valence-corrected chi connectivity index (χ0v) is 16.9. The lowest BCUT2D eigenvalue weighted by Gasteiger charge is -2.31. The number of anilines is 1. The maximum atomic E-state index is 12.8. The second-order valence-electron chi connectivity index (χ2n) is 6.75. The summed E-state index contributed by atoms with van der Waals surface area (Å²) in [4.78, 5) is 13.5. The zero-order chi connectivity index (χ0) is 20.9. The topological polar surface area (TPSA) is 104 Å². The van der Waals surface area contributed by atoms with Crippen molar-refractivity contribution in [2.24, 2.45) is 0 Å². The molecule has 29 heavy (non-hydrogen) atoms. The molecule has 1 aliphatic rings. The Labute approximate surface area is 170 Å². The van der Waals surface area contributed by atoms with Gasteiger partial charge in [0.25, 0.3) is 5.91 Å². The van der Waals surface area contributed by atoms with E-state index in [0.717, 1.165) is 4.90 Å². The van der Waals surface area contributed by atoms with Gasteiger partial charge >= 0.3 is 0 Å². The zero-order valence-electron chi connectivity index (χ0n) is 16.1. The van der Waals surface area contributed by atoms with Crippen LogP contribution in [0.1, 0.15) is 5.56 Å². The average Bonchev–Trinajstić information content (AvgIpc) is 2.74. The Morgan fingerprint density at radius 1 is 1.21 bits per heavy atom. The van der Waals surface area contributed by atoms with Crippen molar-refractivity contribution in [3.05, 3.63) is 54.1 Å². The Bertz CT molecular complexity index is 1010. The predicted octanol–water partition coefficient (Wildman–Crippen LogP) is 0.0948. The number of hydrogen-bond donors (Lipinski definition) is 2. The maximum Gasteiger partial charge on any atom is 0.279 e. The highest BCUT2D eigenvalue weighted by Crippen LogP contribution is 2.19. The number of sulfonamides is 1. The van der Waals surface area contributed by atoms with Crippen molar-refractivity contribution < 1.29 is 22.8 Å². The molecule has 2 aromatic rings. The predicted molar refractivity (Wildman–Crippen MR) is 107 cm³/mol. The smallest absolute Gasteiger partial charge is 0.279 e. The van der Waals surface area contributed by atoms with Crippen LogP contribution in [0.5, 0.6) is 5.75 Å². The number of hydrogen-bond acceptors (Lipinski definition) is 5. The number of carbonyl (C=O) groups is 1. The summed E-state index contributed by atoms with van der Waals surface area (Å²) in [5.74, 6) is 0.436. The molecule has 2 N–H and O–H groups in total. The third-order valence-electron chi connectivity index (χ3n) is 4.81. The van der Waals surface area contributed by atoms with Crippen LogP contribution in [0.3, 0.4) is 0 Å². The molecular weight excluding hydrogens is 392 g/mol. The van der Waals surface area contributed by atoms with Gasteiger partial charge in [0.15, 0.2) is 6.54 Å². The number of piperazine rings is 1. The Kier molecular flexibility index (Phi) is 6.49. The Morgan fingerprint density at radius 3 is 2.52 bits per heavy atom. The first-order chi connectivity index (χ1) is 13.9. The van der Waals surface area contributed by atoms with Crippen molar-refractivity contribution in [1.82, 2.24) is 4.31 Å². The molecular formula is C20H23N4O4S+. The quantitative estimate of drug-likeness (QED) is 0.696. The van der Waals surface area contributed by atoms with E-state index >= 15 is 0 Å². The minimum atomic E-state index is -3.56. The monoisotopic (exact) mass is 415 g/mol. The summed E-state index contributed by atoms with van der Waals surface area (Å²) in [6.45, 7) is 2.02. The molecule has 0 saturated carbocycles. The highest BCUT2D eigenvalue weighted by Gasteiger charge is 2.31. The lowest BCUT2D eigenvalue weighted by Crippen LogP contribution is -3.15. The van der Waals surface area contributed by atoms with Gasteiger partial charge in [0.1, 0.15) is 5.75 Å². The fourth-order valence-electron chi connectivity index (χ4n) is 3.22. The molecule has 0 unspecified atom stereocenters. The number of ether oxygens (including phenoxy) is 1. The molecule has 3 rings (SSSR count). The molecule has 9 heteroatoms. The summed E-state index contributed by atoms with van der Waals surface area (Å²) in [6, 6.07) is 15.1.